The van der Waals surface area contributed by atoms with Gasteiger partial charge in [0, 0.05) is 33.3 Å². The highest BCUT2D eigenvalue weighted by molar-refractivity contribution is 5.97. The number of pyridine rings is 2. The van der Waals surface area contributed by atoms with Crippen molar-refractivity contribution in [2.24, 2.45) is 0 Å². The van der Waals surface area contributed by atoms with Crippen LogP contribution in [0.2, 0.25) is 0 Å². The molecule has 1 fully saturated rings. The van der Waals surface area contributed by atoms with Gasteiger partial charge in [-0.1, -0.05) is 0 Å². The van der Waals surface area contributed by atoms with Crippen LogP contribution in [0.4, 0.5) is 5.69 Å². The molecule has 2 aromatic rings. The van der Waals surface area contributed by atoms with Crippen molar-refractivity contribution in [2.45, 2.75) is 25.4 Å². The topological polar surface area (TPSA) is 114 Å². The van der Waals surface area contributed by atoms with Crippen molar-refractivity contribution in [3.05, 3.63) is 33.7 Å². The van der Waals surface area contributed by atoms with Gasteiger partial charge in [0.05, 0.1) is 16.8 Å². The molecule has 2 aromatic heterocycles. The first kappa shape index (κ1) is 21.7. The average molecular weight is 412 g/mol. The lowest BCUT2D eigenvalue weighted by Gasteiger charge is -2.39. The number of aromatic nitrogens is 2. The molecule has 9 heteroatoms. The second kappa shape index (κ2) is 8.81. The molecule has 1 saturated heterocycles. The number of amides is 1. The molecule has 9 nitrogen and oxygen atoms in total. The van der Waals surface area contributed by atoms with Crippen LogP contribution in [0.15, 0.2) is 16.9 Å². The monoisotopic (exact) mass is 412 g/mol. The van der Waals surface area contributed by atoms with Crippen molar-refractivity contribution in [2.75, 3.05) is 52.3 Å². The smallest absolute Gasteiger partial charge is 0.269 e. The van der Waals surface area contributed by atoms with Crippen molar-refractivity contribution in [3.8, 4) is 6.07 Å². The minimum Gasteiger partial charge on any atom is -0.378 e. The number of carbonyl (C=O) groups is 1. The summed E-state index contributed by atoms with van der Waals surface area (Å²) in [5.41, 5.74) is 1.01. The standard InChI is InChI=1S/C21H28N6O3/c1-21(30-4)7-10-27(11-8-21)18-14(13-22)19(28)25-15-5-6-16(24-17(15)18)20(29)23-9-12-26(2)3/h5-6H,7-12H2,1-4H3,(H,23,29)(H,25,28). The number of H-pyrrole nitrogens is 1. The zero-order chi connectivity index (χ0) is 21.9. The summed E-state index contributed by atoms with van der Waals surface area (Å²) < 4.78 is 5.60. The molecule has 30 heavy (non-hydrogen) atoms. The summed E-state index contributed by atoms with van der Waals surface area (Å²) in [5.74, 6) is -0.292. The predicted octanol–water partition coefficient (Wildman–Crippen LogP) is 1.09. The summed E-state index contributed by atoms with van der Waals surface area (Å²) in [6.45, 7) is 4.51. The molecule has 3 rings (SSSR count). The molecular weight excluding hydrogens is 384 g/mol. The van der Waals surface area contributed by atoms with E-state index in [1.807, 2.05) is 30.0 Å². The van der Waals surface area contributed by atoms with E-state index in [9.17, 15) is 14.9 Å². The maximum Gasteiger partial charge on any atom is 0.269 e. The molecule has 0 spiro atoms. The van der Waals surface area contributed by atoms with Crippen LogP contribution in [0.3, 0.4) is 0 Å². The van der Waals surface area contributed by atoms with Crippen LogP contribution in [0.1, 0.15) is 35.8 Å². The third-order valence-electron chi connectivity index (χ3n) is 5.65. The summed E-state index contributed by atoms with van der Waals surface area (Å²) in [6, 6.07) is 5.27. The molecule has 0 unspecified atom stereocenters. The first-order valence-electron chi connectivity index (χ1n) is 9.98. The number of nitrogens with one attached hydrogen (secondary N) is 2. The molecule has 2 N–H and O–H groups in total. The Hall–Kier alpha value is -2.96. The molecule has 1 amide bonds. The number of nitriles is 1. The number of nitrogens with zero attached hydrogens (tertiary/aromatic N) is 4. The summed E-state index contributed by atoms with van der Waals surface area (Å²) in [5, 5.41) is 12.5. The van der Waals surface area contributed by atoms with Crippen LogP contribution in [-0.2, 0) is 4.74 Å². The predicted molar refractivity (Wildman–Crippen MR) is 115 cm³/mol. The minimum atomic E-state index is -0.454. The molecule has 3 heterocycles. The zero-order valence-corrected chi connectivity index (χ0v) is 17.9. The number of aromatic amines is 1. The lowest BCUT2D eigenvalue weighted by atomic mass is 9.92. The molecule has 1 aliphatic rings. The SMILES string of the molecule is COC1(C)CCN(c2c(C#N)c(=O)[nH]c3ccc(C(=O)NCCN(C)C)nc23)CC1. The van der Waals surface area contributed by atoms with E-state index in [4.69, 9.17) is 4.74 Å². The highest BCUT2D eigenvalue weighted by atomic mass is 16.5. The Morgan fingerprint density at radius 3 is 2.70 bits per heavy atom. The fourth-order valence-electron chi connectivity index (χ4n) is 3.58. The Morgan fingerprint density at radius 1 is 1.40 bits per heavy atom. The Balaban J connectivity index is 2.00. The number of fused-ring (bicyclic) bond motifs is 1. The molecule has 0 bridgehead atoms. The number of carbonyl (C=O) groups excluding carboxylic acids is 1. The maximum absolute atomic E-state index is 12.5. The van der Waals surface area contributed by atoms with Gasteiger partial charge in [0.15, 0.2) is 0 Å². The van der Waals surface area contributed by atoms with Crippen molar-refractivity contribution >= 4 is 22.6 Å². The first-order chi connectivity index (χ1) is 14.3. The van der Waals surface area contributed by atoms with Gasteiger partial charge >= 0.3 is 0 Å². The average Bonchev–Trinajstić information content (AvgIpc) is 2.73. The molecule has 0 aliphatic carbocycles. The largest absolute Gasteiger partial charge is 0.378 e. The van der Waals surface area contributed by atoms with E-state index >= 15 is 0 Å². The van der Waals surface area contributed by atoms with E-state index < -0.39 is 5.56 Å². The highest BCUT2D eigenvalue weighted by Gasteiger charge is 2.32. The van der Waals surface area contributed by atoms with Gasteiger partial charge in [0.2, 0.25) is 0 Å². The maximum atomic E-state index is 12.5. The van der Waals surface area contributed by atoms with Gasteiger partial charge in [-0.25, -0.2) is 4.98 Å². The summed E-state index contributed by atoms with van der Waals surface area (Å²) >= 11 is 0. The number of rotatable bonds is 6. The molecule has 160 valence electrons. The first-order valence-corrected chi connectivity index (χ1v) is 9.98. The summed E-state index contributed by atoms with van der Waals surface area (Å²) in [6.07, 6.45) is 1.51. The van der Waals surface area contributed by atoms with Gasteiger partial charge in [-0.05, 0) is 46.0 Å². The van der Waals surface area contributed by atoms with Gasteiger partial charge in [-0.15, -0.1) is 0 Å². The van der Waals surface area contributed by atoms with Crippen molar-refractivity contribution in [1.82, 2.24) is 20.2 Å². The van der Waals surface area contributed by atoms with E-state index in [0.29, 0.717) is 42.9 Å². The van der Waals surface area contributed by atoms with Crippen LogP contribution in [0.25, 0.3) is 11.0 Å². The second-order valence-electron chi connectivity index (χ2n) is 8.08. The number of anilines is 1. The lowest BCUT2D eigenvalue weighted by Crippen LogP contribution is -2.44. The molecule has 0 atom stereocenters. The van der Waals surface area contributed by atoms with Crippen molar-refractivity contribution in [1.29, 1.82) is 5.26 Å². The molecule has 0 radical (unpaired) electrons. The number of hydrogen-bond donors (Lipinski definition) is 2. The van der Waals surface area contributed by atoms with Crippen LogP contribution in [0, 0.1) is 11.3 Å². The Labute approximate surface area is 175 Å². The van der Waals surface area contributed by atoms with Gasteiger partial charge in [-0.2, -0.15) is 5.26 Å². The number of likely N-dealkylation sites (N-methyl/N-ethyl adjacent to an activating group) is 1. The minimum absolute atomic E-state index is 0.0150. The van der Waals surface area contributed by atoms with Crippen LogP contribution >= 0.6 is 0 Å². The van der Waals surface area contributed by atoms with Gasteiger partial charge in [0.1, 0.15) is 22.8 Å². The van der Waals surface area contributed by atoms with E-state index in [1.165, 1.54) is 0 Å². The van der Waals surface area contributed by atoms with Crippen LogP contribution < -0.4 is 15.8 Å². The summed E-state index contributed by atoms with van der Waals surface area (Å²) in [4.78, 5) is 36.3. The molecular formula is C21H28N6O3. The number of hydrogen-bond acceptors (Lipinski definition) is 7. The van der Waals surface area contributed by atoms with Crippen LogP contribution in [0.5, 0.6) is 0 Å². The third-order valence-corrected chi connectivity index (χ3v) is 5.65. The molecule has 1 aliphatic heterocycles. The van der Waals surface area contributed by atoms with Gasteiger partial charge in [-0.3, -0.25) is 9.59 Å². The van der Waals surface area contributed by atoms with E-state index in [0.717, 1.165) is 12.8 Å². The van der Waals surface area contributed by atoms with E-state index in [1.54, 1.807) is 19.2 Å². The Kier molecular flexibility index (Phi) is 6.39. The fraction of sp³-hybridized carbons (Fsp3) is 0.524. The quantitative estimate of drug-likeness (QED) is 0.730. The normalized spacial score (nSPS) is 15.9. The van der Waals surface area contributed by atoms with Crippen LogP contribution in [-0.4, -0.2) is 73.8 Å². The zero-order valence-electron chi connectivity index (χ0n) is 17.9. The van der Waals surface area contributed by atoms with E-state index in [-0.39, 0.29) is 22.8 Å². The lowest BCUT2D eigenvalue weighted by molar-refractivity contribution is -0.0132. The van der Waals surface area contributed by atoms with Gasteiger partial charge < -0.3 is 24.8 Å². The van der Waals surface area contributed by atoms with Crippen molar-refractivity contribution in [3.63, 3.8) is 0 Å². The highest BCUT2D eigenvalue weighted by Crippen LogP contribution is 2.32. The second-order valence-corrected chi connectivity index (χ2v) is 8.08. The molecule has 0 saturated carbocycles. The number of ether oxygens (including phenoxy) is 1. The van der Waals surface area contributed by atoms with E-state index in [2.05, 4.69) is 22.2 Å². The van der Waals surface area contributed by atoms with Gasteiger partial charge in [0.25, 0.3) is 11.5 Å². The number of piperidine rings is 1. The third kappa shape index (κ3) is 4.45. The fourth-order valence-corrected chi connectivity index (χ4v) is 3.58. The molecule has 0 aromatic carbocycles. The Morgan fingerprint density at radius 2 is 2.10 bits per heavy atom. The van der Waals surface area contributed by atoms with Crippen molar-refractivity contribution < 1.29 is 9.53 Å². The Bertz CT molecular complexity index is 1030. The summed E-state index contributed by atoms with van der Waals surface area (Å²) in [7, 11) is 5.56. The number of methoxy groups -OCH3 is 1.